The fourth-order valence-corrected chi connectivity index (χ4v) is 0.655. The molecule has 0 rings (SSSR count). The predicted octanol–water partition coefficient (Wildman–Crippen LogP) is 2.36. The summed E-state index contributed by atoms with van der Waals surface area (Å²) in [4.78, 5) is 10.4. The van der Waals surface area contributed by atoms with Crippen LogP contribution in [0.3, 0.4) is 0 Å². The minimum atomic E-state index is -0.861. The molecule has 0 aromatic carbocycles. The average molecular weight is 154 g/mol. The third-order valence-corrected chi connectivity index (χ3v) is 1.32. The summed E-state index contributed by atoms with van der Waals surface area (Å²) >= 11 is 0. The lowest BCUT2D eigenvalue weighted by Gasteiger charge is -1.89. The van der Waals surface area contributed by atoms with Crippen LogP contribution in [-0.4, -0.2) is 11.1 Å². The van der Waals surface area contributed by atoms with Crippen molar-refractivity contribution in [1.29, 1.82) is 0 Å². The van der Waals surface area contributed by atoms with E-state index in [4.69, 9.17) is 5.11 Å². The van der Waals surface area contributed by atoms with Crippen molar-refractivity contribution in [2.24, 2.45) is 0 Å². The second kappa shape index (κ2) is 5.75. The zero-order valence-electron chi connectivity index (χ0n) is 7.05. The van der Waals surface area contributed by atoms with Crippen LogP contribution in [0, 0.1) is 0 Å². The lowest BCUT2D eigenvalue weighted by Crippen LogP contribution is -1.96. The molecule has 0 aliphatic rings. The number of hydrogen-bond acceptors (Lipinski definition) is 1. The van der Waals surface area contributed by atoms with Crippen LogP contribution < -0.4 is 0 Å². The van der Waals surface area contributed by atoms with E-state index in [1.807, 2.05) is 13.8 Å². The maximum atomic E-state index is 10.4. The van der Waals surface area contributed by atoms with E-state index in [-0.39, 0.29) is 0 Å². The smallest absolute Gasteiger partial charge is 0.339 e. The summed E-state index contributed by atoms with van der Waals surface area (Å²) in [6, 6.07) is 0. The molecule has 0 saturated heterocycles. The van der Waals surface area contributed by atoms with Gasteiger partial charge in [0.25, 0.3) is 0 Å². The highest BCUT2D eigenvalue weighted by molar-refractivity contribution is 5.86. The van der Waals surface area contributed by atoms with Gasteiger partial charge in [-0.1, -0.05) is 20.3 Å². The van der Waals surface area contributed by atoms with E-state index in [0.717, 1.165) is 12.8 Å². The van der Waals surface area contributed by atoms with Crippen molar-refractivity contribution in [3.05, 3.63) is 17.4 Å². The molecule has 0 aliphatic heterocycles. The van der Waals surface area contributed by atoms with Crippen LogP contribution in [-0.2, 0) is 4.79 Å². The summed E-state index contributed by atoms with van der Waals surface area (Å²) in [5.74, 6) is -0.861. The molecule has 0 heterocycles. The minimum Gasteiger partial charge on any atom is -0.477 e. The SMILES string of the molecule is CCCC=C=C(CC)C(=O)O. The van der Waals surface area contributed by atoms with E-state index >= 15 is 0 Å². The van der Waals surface area contributed by atoms with Crippen molar-refractivity contribution in [2.75, 3.05) is 0 Å². The fraction of sp³-hybridized carbons (Fsp3) is 0.556. The number of hydrogen-bond donors (Lipinski definition) is 1. The molecule has 0 saturated carbocycles. The highest BCUT2D eigenvalue weighted by Gasteiger charge is 2.00. The quantitative estimate of drug-likeness (QED) is 0.498. The molecule has 2 nitrogen and oxygen atoms in total. The van der Waals surface area contributed by atoms with E-state index in [9.17, 15) is 4.79 Å². The van der Waals surface area contributed by atoms with Gasteiger partial charge in [-0.25, -0.2) is 4.79 Å². The van der Waals surface area contributed by atoms with Crippen LogP contribution in [0.1, 0.15) is 33.1 Å². The van der Waals surface area contributed by atoms with E-state index in [2.05, 4.69) is 5.73 Å². The largest absolute Gasteiger partial charge is 0.477 e. The Labute approximate surface area is 67.2 Å². The van der Waals surface area contributed by atoms with Gasteiger partial charge in [0.2, 0.25) is 0 Å². The van der Waals surface area contributed by atoms with Crippen molar-refractivity contribution >= 4 is 5.97 Å². The molecule has 0 atom stereocenters. The second-order valence-corrected chi connectivity index (χ2v) is 2.27. The van der Waals surface area contributed by atoms with Crippen LogP contribution in [0.5, 0.6) is 0 Å². The van der Waals surface area contributed by atoms with E-state index in [1.165, 1.54) is 0 Å². The third-order valence-electron chi connectivity index (χ3n) is 1.32. The Morgan fingerprint density at radius 2 is 2.18 bits per heavy atom. The Bertz CT molecular complexity index is 186. The van der Waals surface area contributed by atoms with Gasteiger partial charge in [-0.3, -0.25) is 0 Å². The number of carbonyl (C=O) groups is 1. The van der Waals surface area contributed by atoms with Gasteiger partial charge in [0, 0.05) is 0 Å². The first-order chi connectivity index (χ1) is 5.22. The molecule has 0 bridgehead atoms. The maximum Gasteiger partial charge on any atom is 0.339 e. The molecule has 0 amide bonds. The molecule has 0 radical (unpaired) electrons. The summed E-state index contributed by atoms with van der Waals surface area (Å²) in [6.07, 6.45) is 4.25. The normalized spacial score (nSPS) is 8.55. The molecule has 1 N–H and O–H groups in total. The number of aliphatic carboxylic acids is 1. The van der Waals surface area contributed by atoms with Crippen LogP contribution >= 0.6 is 0 Å². The predicted molar refractivity (Wildman–Crippen MR) is 44.4 cm³/mol. The maximum absolute atomic E-state index is 10.4. The van der Waals surface area contributed by atoms with Crippen molar-refractivity contribution in [3.63, 3.8) is 0 Å². The topological polar surface area (TPSA) is 37.3 Å². The standard InChI is InChI=1S/C9H14O2/c1-3-5-6-7-8(4-2)9(10)11/h6H,3-5H2,1-2H3,(H,10,11). The zero-order chi connectivity index (χ0) is 8.69. The van der Waals surface area contributed by atoms with Crippen molar-refractivity contribution in [1.82, 2.24) is 0 Å². The molecule has 0 aromatic rings. The van der Waals surface area contributed by atoms with Crippen LogP contribution in [0.4, 0.5) is 0 Å². The first-order valence-electron chi connectivity index (χ1n) is 3.89. The number of carboxylic acids is 1. The fourth-order valence-electron chi connectivity index (χ4n) is 0.655. The number of carboxylic acid groups (broad SMARTS) is 1. The first kappa shape index (κ1) is 9.99. The lowest BCUT2D eigenvalue weighted by molar-refractivity contribution is -0.132. The average Bonchev–Trinajstić information content (AvgIpc) is 1.97. The Balaban J connectivity index is 4.22. The minimum absolute atomic E-state index is 0.360. The summed E-state index contributed by atoms with van der Waals surface area (Å²) < 4.78 is 0. The third kappa shape index (κ3) is 4.40. The molecule has 0 spiro atoms. The molecule has 62 valence electrons. The Hall–Kier alpha value is -1.01. The highest BCUT2D eigenvalue weighted by Crippen LogP contribution is 1.98. The molecule has 2 heteroatoms. The first-order valence-corrected chi connectivity index (χ1v) is 3.89. The van der Waals surface area contributed by atoms with Crippen LogP contribution in [0.25, 0.3) is 0 Å². The summed E-state index contributed by atoms with van der Waals surface area (Å²) in [7, 11) is 0. The summed E-state index contributed by atoms with van der Waals surface area (Å²) in [6.45, 7) is 3.86. The van der Waals surface area contributed by atoms with Gasteiger partial charge in [-0.15, -0.1) is 5.73 Å². The Morgan fingerprint density at radius 3 is 2.55 bits per heavy atom. The molecule has 0 unspecified atom stereocenters. The van der Waals surface area contributed by atoms with Gasteiger partial charge in [0.1, 0.15) is 0 Å². The van der Waals surface area contributed by atoms with E-state index in [0.29, 0.717) is 12.0 Å². The van der Waals surface area contributed by atoms with Crippen LogP contribution in [0.15, 0.2) is 17.4 Å². The molecule has 0 fully saturated rings. The number of unbranched alkanes of at least 4 members (excludes halogenated alkanes) is 1. The molecule has 11 heavy (non-hydrogen) atoms. The number of rotatable bonds is 4. The molecular formula is C9H14O2. The Kier molecular flexibility index (Phi) is 5.22. The van der Waals surface area contributed by atoms with E-state index in [1.54, 1.807) is 6.08 Å². The molecule has 0 aromatic heterocycles. The van der Waals surface area contributed by atoms with E-state index < -0.39 is 5.97 Å². The van der Waals surface area contributed by atoms with Gasteiger partial charge < -0.3 is 5.11 Å². The van der Waals surface area contributed by atoms with Gasteiger partial charge >= 0.3 is 5.97 Å². The lowest BCUT2D eigenvalue weighted by atomic mass is 10.2. The molecule has 0 aliphatic carbocycles. The van der Waals surface area contributed by atoms with Crippen molar-refractivity contribution in [3.8, 4) is 0 Å². The highest BCUT2D eigenvalue weighted by atomic mass is 16.4. The Morgan fingerprint density at radius 1 is 1.55 bits per heavy atom. The second-order valence-electron chi connectivity index (χ2n) is 2.27. The van der Waals surface area contributed by atoms with Crippen molar-refractivity contribution in [2.45, 2.75) is 33.1 Å². The van der Waals surface area contributed by atoms with Gasteiger partial charge in [0.05, 0.1) is 5.57 Å². The zero-order valence-corrected chi connectivity index (χ0v) is 7.05. The van der Waals surface area contributed by atoms with Crippen LogP contribution in [0.2, 0.25) is 0 Å². The van der Waals surface area contributed by atoms with Gasteiger partial charge in [-0.05, 0) is 18.9 Å². The van der Waals surface area contributed by atoms with Crippen molar-refractivity contribution < 1.29 is 9.90 Å². The monoisotopic (exact) mass is 154 g/mol. The van der Waals surface area contributed by atoms with Gasteiger partial charge in [0.15, 0.2) is 0 Å². The van der Waals surface area contributed by atoms with Gasteiger partial charge in [-0.2, -0.15) is 0 Å². The summed E-state index contributed by atoms with van der Waals surface area (Å²) in [5.41, 5.74) is 3.12. The summed E-state index contributed by atoms with van der Waals surface area (Å²) in [5, 5.41) is 8.55. The molecular weight excluding hydrogens is 140 g/mol.